The molecular weight excluding hydrogens is 608 g/mol. The van der Waals surface area contributed by atoms with Gasteiger partial charge >= 0.3 is 6.03 Å². The number of nitrogens with one attached hydrogen (secondary N) is 1. The Kier molecular flexibility index (Phi) is 9.31. The maximum atomic E-state index is 14.4. The van der Waals surface area contributed by atoms with Gasteiger partial charge in [0.15, 0.2) is 5.78 Å². The molecule has 2 saturated heterocycles. The summed E-state index contributed by atoms with van der Waals surface area (Å²) in [5.41, 5.74) is 4.02. The van der Waals surface area contributed by atoms with Crippen LogP contribution in [0.1, 0.15) is 40.4 Å². The van der Waals surface area contributed by atoms with Crippen LogP contribution >= 0.6 is 0 Å². The van der Waals surface area contributed by atoms with Crippen LogP contribution in [0.2, 0.25) is 0 Å². The van der Waals surface area contributed by atoms with E-state index in [1.54, 1.807) is 50.2 Å². The van der Waals surface area contributed by atoms with Gasteiger partial charge in [0.1, 0.15) is 18.0 Å². The maximum Gasteiger partial charge on any atom is 0.334 e. The number of aryl methyl sites for hydroxylation is 1. The first-order chi connectivity index (χ1) is 23.2. The number of hydrogen-bond acceptors (Lipinski definition) is 6. The minimum absolute atomic E-state index is 0.0385. The number of ketones is 1. The third kappa shape index (κ3) is 6.28. The van der Waals surface area contributed by atoms with Gasteiger partial charge in [-0.15, -0.1) is 6.58 Å². The second-order valence-electron chi connectivity index (χ2n) is 12.3. The molecule has 0 bridgehead atoms. The van der Waals surface area contributed by atoms with Crippen molar-refractivity contribution in [2.24, 2.45) is 7.05 Å². The number of carbonyl (C=O) groups is 4. The normalized spacial score (nSPS) is 18.2. The van der Waals surface area contributed by atoms with E-state index >= 15 is 0 Å². The van der Waals surface area contributed by atoms with Crippen LogP contribution in [0.5, 0.6) is 5.75 Å². The van der Waals surface area contributed by atoms with Gasteiger partial charge in [0.2, 0.25) is 11.8 Å². The summed E-state index contributed by atoms with van der Waals surface area (Å²) >= 11 is 0. The number of aromatic nitrogens is 1. The van der Waals surface area contributed by atoms with E-state index in [1.807, 2.05) is 73.3 Å². The van der Waals surface area contributed by atoms with Crippen LogP contribution in [0.4, 0.5) is 4.79 Å². The van der Waals surface area contributed by atoms with E-state index in [0.717, 1.165) is 27.6 Å². The zero-order chi connectivity index (χ0) is 33.9. The number of piperazine rings is 1. The molecule has 0 radical (unpaired) electrons. The first-order valence-corrected chi connectivity index (χ1v) is 16.1. The molecule has 4 amide bonds. The SMILES string of the molecule is C=CCN1CC(=O)N2C(Cc3ccc(O)cc3)C(=O)N(Cc3cccc4c(C(=O)CC)cn(C)c34)CC2N1C(=O)NCc1ccccc1. The predicted octanol–water partition coefficient (Wildman–Crippen LogP) is 4.21. The minimum atomic E-state index is -0.902. The number of aromatic hydroxyl groups is 1. The quantitative estimate of drug-likeness (QED) is 0.197. The molecule has 248 valence electrons. The first-order valence-electron chi connectivity index (χ1n) is 16.1. The van der Waals surface area contributed by atoms with Gasteiger partial charge in [0, 0.05) is 56.7 Å². The van der Waals surface area contributed by atoms with Crippen LogP contribution in [0.3, 0.4) is 0 Å². The van der Waals surface area contributed by atoms with Crippen LogP contribution < -0.4 is 5.32 Å². The molecule has 1 aromatic heterocycles. The minimum Gasteiger partial charge on any atom is -0.508 e. The molecule has 0 aliphatic carbocycles. The van der Waals surface area contributed by atoms with Crippen molar-refractivity contribution in [3.63, 3.8) is 0 Å². The number of amides is 4. The van der Waals surface area contributed by atoms with Crippen LogP contribution in [0.25, 0.3) is 10.9 Å². The number of phenols is 1. The van der Waals surface area contributed by atoms with Crippen LogP contribution in [-0.2, 0) is 36.1 Å². The van der Waals surface area contributed by atoms with E-state index in [-0.39, 0.29) is 62.5 Å². The molecule has 2 atom stereocenters. The summed E-state index contributed by atoms with van der Waals surface area (Å²) in [7, 11) is 1.89. The Bertz CT molecular complexity index is 1850. The molecule has 2 fully saturated rings. The standard InChI is InChI=1S/C37H40N6O5/c1-4-18-41-24-34(46)42-31(19-25-14-16-28(44)17-15-25)36(47)40(23-33(42)43(41)37(48)38-20-26-10-7-6-8-11-26)21-27-12-9-13-29-30(32(45)5-2)22-39(3)35(27)29/h4,6-17,22,31,33,44H,1,5,18-21,23-24H2,2-3H3,(H,38,48). The Hall–Kier alpha value is -5.42. The number of fused-ring (bicyclic) bond motifs is 2. The summed E-state index contributed by atoms with van der Waals surface area (Å²) in [6, 6.07) is 20.6. The van der Waals surface area contributed by atoms with Crippen molar-refractivity contribution < 1.29 is 24.3 Å². The lowest BCUT2D eigenvalue weighted by Gasteiger charge is -2.55. The summed E-state index contributed by atoms with van der Waals surface area (Å²) in [5, 5.41) is 16.9. The number of phenolic OH excluding ortho intramolecular Hbond substituents is 1. The van der Waals surface area contributed by atoms with Crippen molar-refractivity contribution >= 4 is 34.5 Å². The molecule has 4 aromatic rings. The summed E-state index contributed by atoms with van der Waals surface area (Å²) in [6.45, 7) is 6.41. The number of rotatable bonds is 10. The molecule has 3 heterocycles. The van der Waals surface area contributed by atoms with Crippen LogP contribution in [-0.4, -0.2) is 85.0 Å². The zero-order valence-electron chi connectivity index (χ0n) is 27.2. The molecule has 3 aromatic carbocycles. The van der Waals surface area contributed by atoms with Gasteiger partial charge < -0.3 is 24.8 Å². The fourth-order valence-corrected chi connectivity index (χ4v) is 6.85. The summed E-state index contributed by atoms with van der Waals surface area (Å²) in [4.78, 5) is 58.4. The van der Waals surface area contributed by atoms with Crippen LogP contribution in [0.15, 0.2) is 91.6 Å². The molecule has 2 aliphatic heterocycles. The van der Waals surface area contributed by atoms with E-state index in [0.29, 0.717) is 12.0 Å². The second kappa shape index (κ2) is 13.7. The highest BCUT2D eigenvalue weighted by atomic mass is 16.3. The average molecular weight is 649 g/mol. The van der Waals surface area contributed by atoms with E-state index in [9.17, 15) is 24.3 Å². The lowest BCUT2D eigenvalue weighted by Crippen LogP contribution is -2.76. The highest BCUT2D eigenvalue weighted by Crippen LogP contribution is 2.32. The number of para-hydroxylation sites is 1. The van der Waals surface area contributed by atoms with Gasteiger partial charge in [0.05, 0.1) is 18.6 Å². The Morgan fingerprint density at radius 2 is 1.75 bits per heavy atom. The van der Waals surface area contributed by atoms with E-state index in [1.165, 1.54) is 0 Å². The van der Waals surface area contributed by atoms with Crippen molar-refractivity contribution in [1.82, 2.24) is 29.7 Å². The molecule has 11 nitrogen and oxygen atoms in total. The lowest BCUT2D eigenvalue weighted by molar-refractivity contribution is -0.189. The number of Topliss-reactive ketones (excluding diaryl/α,β-unsaturated/α-hetero) is 1. The van der Waals surface area contributed by atoms with Gasteiger partial charge in [-0.3, -0.25) is 14.4 Å². The van der Waals surface area contributed by atoms with E-state index in [2.05, 4.69) is 11.9 Å². The van der Waals surface area contributed by atoms with Gasteiger partial charge in [-0.1, -0.05) is 73.7 Å². The highest BCUT2D eigenvalue weighted by molar-refractivity contribution is 6.08. The van der Waals surface area contributed by atoms with Gasteiger partial charge in [-0.2, -0.15) is 0 Å². The highest BCUT2D eigenvalue weighted by Gasteiger charge is 2.51. The van der Waals surface area contributed by atoms with Crippen molar-refractivity contribution in [3.8, 4) is 5.75 Å². The zero-order valence-corrected chi connectivity index (χ0v) is 27.2. The maximum absolute atomic E-state index is 14.4. The fourth-order valence-electron chi connectivity index (χ4n) is 6.85. The lowest BCUT2D eigenvalue weighted by atomic mass is 9.98. The van der Waals surface area contributed by atoms with Crippen molar-refractivity contribution in [3.05, 3.63) is 114 Å². The molecule has 0 spiro atoms. The molecule has 48 heavy (non-hydrogen) atoms. The van der Waals surface area contributed by atoms with E-state index < -0.39 is 18.2 Å². The summed E-state index contributed by atoms with van der Waals surface area (Å²) in [5.74, 6) is -0.375. The average Bonchev–Trinajstić information content (AvgIpc) is 3.43. The predicted molar refractivity (Wildman–Crippen MR) is 181 cm³/mol. The molecule has 6 rings (SSSR count). The Morgan fingerprint density at radius 3 is 2.46 bits per heavy atom. The fraction of sp³-hybridized carbons (Fsp3) is 0.297. The number of nitrogens with zero attached hydrogens (tertiary/aromatic N) is 5. The smallest absolute Gasteiger partial charge is 0.334 e. The Labute approximate surface area is 279 Å². The Balaban J connectivity index is 1.39. The Morgan fingerprint density at radius 1 is 1.00 bits per heavy atom. The summed E-state index contributed by atoms with van der Waals surface area (Å²) in [6.07, 6.45) is 3.25. The molecule has 0 saturated carbocycles. The topological polar surface area (TPSA) is 118 Å². The van der Waals surface area contributed by atoms with Crippen molar-refractivity contribution in [2.45, 2.75) is 45.1 Å². The van der Waals surface area contributed by atoms with Crippen molar-refractivity contribution in [1.29, 1.82) is 0 Å². The molecule has 2 unspecified atom stereocenters. The second-order valence-corrected chi connectivity index (χ2v) is 12.3. The largest absolute Gasteiger partial charge is 0.508 e. The number of carbonyl (C=O) groups excluding carboxylic acids is 4. The van der Waals surface area contributed by atoms with E-state index in [4.69, 9.17) is 0 Å². The number of hydrazine groups is 1. The molecule has 2 aliphatic rings. The molecule has 2 N–H and O–H groups in total. The third-order valence-corrected chi connectivity index (χ3v) is 9.10. The van der Waals surface area contributed by atoms with Gasteiger partial charge in [0.25, 0.3) is 0 Å². The molecular formula is C37H40N6O5. The number of urea groups is 1. The number of hydrogen-bond donors (Lipinski definition) is 2. The van der Waals surface area contributed by atoms with Crippen molar-refractivity contribution in [2.75, 3.05) is 19.6 Å². The molecule has 11 heteroatoms. The van der Waals surface area contributed by atoms with Crippen LogP contribution in [0, 0.1) is 0 Å². The third-order valence-electron chi connectivity index (χ3n) is 9.10. The number of benzene rings is 3. The summed E-state index contributed by atoms with van der Waals surface area (Å²) < 4.78 is 1.92. The van der Waals surface area contributed by atoms with Gasteiger partial charge in [-0.05, 0) is 28.8 Å². The first kappa shape index (κ1) is 32.5. The monoisotopic (exact) mass is 648 g/mol. The van der Waals surface area contributed by atoms with Gasteiger partial charge in [-0.25, -0.2) is 14.8 Å².